The molecule has 0 spiro atoms. The van der Waals surface area contributed by atoms with Crippen molar-refractivity contribution in [3.05, 3.63) is 115 Å². The zero-order chi connectivity index (χ0) is 23.9. The standard InChI is InChI=1S/C31H26N4/c1-21-16-17-32-31(18-21)35-28-12-5-4-11-26(28)27-15-14-24(20-29(27)35)23-9-7-10-25(19-23)34(3)30-13-6-8-22(2)33-30/h4-20H,1-3H3. The number of pyridine rings is 2. The average molecular weight is 455 g/mol. The number of hydrogen-bond donors (Lipinski definition) is 0. The Labute approximate surface area is 205 Å². The van der Waals surface area contributed by atoms with E-state index in [-0.39, 0.29) is 0 Å². The van der Waals surface area contributed by atoms with Gasteiger partial charge in [0.05, 0.1) is 11.0 Å². The fourth-order valence-corrected chi connectivity index (χ4v) is 4.78. The Morgan fingerprint density at radius 1 is 0.686 bits per heavy atom. The first-order valence-electron chi connectivity index (χ1n) is 11.8. The summed E-state index contributed by atoms with van der Waals surface area (Å²) in [6.45, 7) is 4.13. The third kappa shape index (κ3) is 3.73. The van der Waals surface area contributed by atoms with Gasteiger partial charge in [0.2, 0.25) is 0 Å². The number of fused-ring (bicyclic) bond motifs is 3. The Hall–Kier alpha value is -4.44. The summed E-state index contributed by atoms with van der Waals surface area (Å²) in [5, 5.41) is 2.46. The maximum Gasteiger partial charge on any atom is 0.137 e. The molecule has 0 radical (unpaired) electrons. The molecule has 6 aromatic rings. The van der Waals surface area contributed by atoms with Crippen LogP contribution in [0.1, 0.15) is 11.3 Å². The molecule has 0 saturated carbocycles. The van der Waals surface area contributed by atoms with Gasteiger partial charge in [-0.2, -0.15) is 0 Å². The summed E-state index contributed by atoms with van der Waals surface area (Å²) in [5.41, 5.74) is 7.95. The van der Waals surface area contributed by atoms with Crippen LogP contribution in [-0.2, 0) is 0 Å². The molecule has 0 aliphatic heterocycles. The number of aryl methyl sites for hydroxylation is 2. The molecule has 0 amide bonds. The Morgan fingerprint density at radius 3 is 2.34 bits per heavy atom. The number of anilines is 2. The van der Waals surface area contributed by atoms with Gasteiger partial charge in [0.1, 0.15) is 11.6 Å². The molecule has 0 aliphatic rings. The molecule has 35 heavy (non-hydrogen) atoms. The van der Waals surface area contributed by atoms with Gasteiger partial charge in [0, 0.05) is 35.4 Å². The highest BCUT2D eigenvalue weighted by atomic mass is 15.2. The quantitative estimate of drug-likeness (QED) is 0.275. The van der Waals surface area contributed by atoms with Gasteiger partial charge in [-0.1, -0.05) is 48.5 Å². The maximum atomic E-state index is 4.71. The summed E-state index contributed by atoms with van der Waals surface area (Å²) in [5.74, 6) is 1.87. The van der Waals surface area contributed by atoms with Crippen molar-refractivity contribution in [2.75, 3.05) is 11.9 Å². The SMILES string of the molecule is Cc1ccnc(-n2c3ccccc3c3ccc(-c4cccc(N(C)c5cccc(C)n5)c4)cc32)c1. The number of para-hydroxylation sites is 1. The number of aromatic nitrogens is 3. The van der Waals surface area contributed by atoms with Gasteiger partial charge in [0.15, 0.2) is 0 Å². The van der Waals surface area contributed by atoms with Crippen molar-refractivity contribution in [2.45, 2.75) is 13.8 Å². The van der Waals surface area contributed by atoms with Gasteiger partial charge in [-0.15, -0.1) is 0 Å². The van der Waals surface area contributed by atoms with E-state index in [2.05, 4.69) is 101 Å². The van der Waals surface area contributed by atoms with Crippen LogP contribution in [0.25, 0.3) is 38.8 Å². The molecular formula is C31H26N4. The number of hydrogen-bond acceptors (Lipinski definition) is 3. The van der Waals surface area contributed by atoms with Crippen LogP contribution in [0, 0.1) is 13.8 Å². The molecule has 0 saturated heterocycles. The van der Waals surface area contributed by atoms with Crippen LogP contribution in [0.15, 0.2) is 103 Å². The minimum absolute atomic E-state index is 0.934. The lowest BCUT2D eigenvalue weighted by Crippen LogP contribution is -2.11. The van der Waals surface area contributed by atoms with E-state index in [1.807, 2.05) is 37.4 Å². The van der Waals surface area contributed by atoms with E-state index in [4.69, 9.17) is 4.98 Å². The maximum absolute atomic E-state index is 4.71. The van der Waals surface area contributed by atoms with E-state index in [9.17, 15) is 0 Å². The summed E-state index contributed by atoms with van der Waals surface area (Å²) in [6.07, 6.45) is 1.88. The van der Waals surface area contributed by atoms with E-state index in [1.165, 1.54) is 21.9 Å². The molecule has 0 aliphatic carbocycles. The molecule has 3 aromatic heterocycles. The lowest BCUT2D eigenvalue weighted by atomic mass is 10.0. The summed E-state index contributed by atoms with van der Waals surface area (Å²) >= 11 is 0. The van der Waals surface area contributed by atoms with Gasteiger partial charge < -0.3 is 4.90 Å². The van der Waals surface area contributed by atoms with Gasteiger partial charge >= 0.3 is 0 Å². The van der Waals surface area contributed by atoms with Gasteiger partial charge in [-0.3, -0.25) is 4.57 Å². The van der Waals surface area contributed by atoms with Crippen molar-refractivity contribution in [3.8, 4) is 16.9 Å². The average Bonchev–Trinajstić information content (AvgIpc) is 3.22. The Bertz CT molecular complexity index is 1700. The highest BCUT2D eigenvalue weighted by Gasteiger charge is 2.14. The highest BCUT2D eigenvalue weighted by Crippen LogP contribution is 2.35. The lowest BCUT2D eigenvalue weighted by molar-refractivity contribution is 1.07. The van der Waals surface area contributed by atoms with Crippen molar-refractivity contribution in [1.82, 2.24) is 14.5 Å². The predicted octanol–water partition coefficient (Wildman–Crippen LogP) is 7.63. The largest absolute Gasteiger partial charge is 0.329 e. The van der Waals surface area contributed by atoms with Crippen LogP contribution in [0.2, 0.25) is 0 Å². The third-order valence-electron chi connectivity index (χ3n) is 6.59. The summed E-state index contributed by atoms with van der Waals surface area (Å²) in [6, 6.07) is 34.2. The lowest BCUT2D eigenvalue weighted by Gasteiger charge is -2.19. The van der Waals surface area contributed by atoms with Gasteiger partial charge in [0.25, 0.3) is 0 Å². The molecule has 3 heterocycles. The number of benzene rings is 3. The summed E-state index contributed by atoms with van der Waals surface area (Å²) in [4.78, 5) is 11.5. The van der Waals surface area contributed by atoms with Crippen LogP contribution >= 0.6 is 0 Å². The molecule has 0 unspecified atom stereocenters. The van der Waals surface area contributed by atoms with Crippen LogP contribution in [0.5, 0.6) is 0 Å². The van der Waals surface area contributed by atoms with E-state index in [0.29, 0.717) is 0 Å². The van der Waals surface area contributed by atoms with Crippen molar-refractivity contribution in [1.29, 1.82) is 0 Å². The minimum Gasteiger partial charge on any atom is -0.329 e. The van der Waals surface area contributed by atoms with E-state index in [0.717, 1.165) is 39.6 Å². The first-order valence-corrected chi connectivity index (χ1v) is 11.8. The molecule has 170 valence electrons. The first kappa shape index (κ1) is 21.1. The summed E-state index contributed by atoms with van der Waals surface area (Å²) < 4.78 is 2.27. The smallest absolute Gasteiger partial charge is 0.137 e. The molecule has 6 rings (SSSR count). The Kier molecular flexibility index (Phi) is 5.07. The Morgan fingerprint density at radius 2 is 1.49 bits per heavy atom. The first-order chi connectivity index (χ1) is 17.1. The van der Waals surface area contributed by atoms with E-state index >= 15 is 0 Å². The van der Waals surface area contributed by atoms with Crippen molar-refractivity contribution in [3.63, 3.8) is 0 Å². The Balaban J connectivity index is 1.51. The minimum atomic E-state index is 0.934. The topological polar surface area (TPSA) is 34.0 Å². The second-order valence-corrected chi connectivity index (χ2v) is 9.02. The molecule has 0 N–H and O–H groups in total. The normalized spacial score (nSPS) is 11.3. The number of nitrogens with zero attached hydrogens (tertiary/aromatic N) is 4. The third-order valence-corrected chi connectivity index (χ3v) is 6.59. The van der Waals surface area contributed by atoms with Crippen molar-refractivity contribution < 1.29 is 0 Å². The molecular weight excluding hydrogens is 428 g/mol. The second kappa shape index (κ2) is 8.41. The van der Waals surface area contributed by atoms with E-state index < -0.39 is 0 Å². The monoisotopic (exact) mass is 454 g/mol. The van der Waals surface area contributed by atoms with Crippen LogP contribution in [-0.4, -0.2) is 21.6 Å². The zero-order valence-electron chi connectivity index (χ0n) is 20.1. The molecule has 4 heteroatoms. The predicted molar refractivity (Wildman–Crippen MR) is 146 cm³/mol. The molecule has 0 fully saturated rings. The van der Waals surface area contributed by atoms with Crippen LogP contribution in [0.4, 0.5) is 11.5 Å². The van der Waals surface area contributed by atoms with Crippen LogP contribution < -0.4 is 4.90 Å². The fourth-order valence-electron chi connectivity index (χ4n) is 4.78. The van der Waals surface area contributed by atoms with E-state index in [1.54, 1.807) is 0 Å². The molecule has 0 bridgehead atoms. The van der Waals surface area contributed by atoms with Gasteiger partial charge in [-0.05, 0) is 79.1 Å². The van der Waals surface area contributed by atoms with Crippen molar-refractivity contribution >= 4 is 33.3 Å². The molecule has 0 atom stereocenters. The summed E-state index contributed by atoms with van der Waals surface area (Å²) in [7, 11) is 2.06. The fraction of sp³-hybridized carbons (Fsp3) is 0.0968. The number of rotatable bonds is 4. The molecule has 4 nitrogen and oxygen atoms in total. The van der Waals surface area contributed by atoms with Crippen LogP contribution in [0.3, 0.4) is 0 Å². The van der Waals surface area contributed by atoms with Crippen molar-refractivity contribution in [2.24, 2.45) is 0 Å². The second-order valence-electron chi connectivity index (χ2n) is 9.02. The van der Waals surface area contributed by atoms with Gasteiger partial charge in [-0.25, -0.2) is 9.97 Å². The zero-order valence-corrected chi connectivity index (χ0v) is 20.1. The molecule has 3 aromatic carbocycles. The highest BCUT2D eigenvalue weighted by molar-refractivity contribution is 6.10.